The van der Waals surface area contributed by atoms with Gasteiger partial charge in [-0.3, -0.25) is 4.79 Å². The van der Waals surface area contributed by atoms with E-state index in [1.165, 1.54) is 23.1 Å². The van der Waals surface area contributed by atoms with Gasteiger partial charge in [0.25, 0.3) is 0 Å². The van der Waals surface area contributed by atoms with Gasteiger partial charge in [-0.1, -0.05) is 0 Å². The molecule has 2 heterocycles. The topological polar surface area (TPSA) is 103 Å². The molecule has 0 aliphatic heterocycles. The number of hydrogen-bond donors (Lipinski definition) is 1. The van der Waals surface area contributed by atoms with Crippen molar-refractivity contribution in [3.05, 3.63) is 11.1 Å². The Balaban J connectivity index is 1.97. The fourth-order valence-corrected chi connectivity index (χ4v) is 3.15. The highest BCUT2D eigenvalue weighted by Crippen LogP contribution is 2.28. The largest absolute Gasteiger partial charge is 0.481 e. The second-order valence-electron chi connectivity index (χ2n) is 3.81. The quantitative estimate of drug-likeness (QED) is 0.718. The van der Waals surface area contributed by atoms with Crippen molar-refractivity contribution in [3.8, 4) is 0 Å². The first kappa shape index (κ1) is 14.9. The van der Waals surface area contributed by atoms with Crippen molar-refractivity contribution in [1.29, 1.82) is 0 Å². The van der Waals surface area contributed by atoms with Gasteiger partial charge in [0.2, 0.25) is 5.16 Å². The van der Waals surface area contributed by atoms with E-state index in [4.69, 9.17) is 9.84 Å². The highest BCUT2D eigenvalue weighted by Gasteiger charge is 2.12. The third-order valence-corrected chi connectivity index (χ3v) is 4.22. The van der Waals surface area contributed by atoms with Crippen molar-refractivity contribution in [1.82, 2.24) is 25.2 Å². The molecule has 0 saturated carbocycles. The van der Waals surface area contributed by atoms with Crippen LogP contribution in [0.1, 0.15) is 12.1 Å². The van der Waals surface area contributed by atoms with E-state index < -0.39 is 5.97 Å². The summed E-state index contributed by atoms with van der Waals surface area (Å²) in [6.45, 7) is 1.31. The summed E-state index contributed by atoms with van der Waals surface area (Å²) in [6.07, 6.45) is 0.743. The number of rotatable bonds is 8. The molecule has 0 atom stereocenters. The fraction of sp³-hybridized carbons (Fsp3) is 0.500. The van der Waals surface area contributed by atoms with Gasteiger partial charge in [0, 0.05) is 25.6 Å². The van der Waals surface area contributed by atoms with Crippen LogP contribution in [0.25, 0.3) is 0 Å². The molecule has 0 unspecified atom stereocenters. The number of carboxylic acid groups (broad SMARTS) is 1. The van der Waals surface area contributed by atoms with E-state index in [0.29, 0.717) is 24.0 Å². The third kappa shape index (κ3) is 4.25. The predicted octanol–water partition coefficient (Wildman–Crippen LogP) is 0.944. The van der Waals surface area contributed by atoms with Crippen LogP contribution in [0.4, 0.5) is 0 Å². The van der Waals surface area contributed by atoms with Gasteiger partial charge in [0.05, 0.1) is 12.1 Å². The number of aromatic nitrogens is 5. The number of nitrogens with zero attached hydrogens (tertiary/aromatic N) is 5. The molecule has 0 aliphatic carbocycles. The number of tetrazole rings is 1. The minimum Gasteiger partial charge on any atom is -0.481 e. The lowest BCUT2D eigenvalue weighted by Gasteiger charge is -2.01. The summed E-state index contributed by atoms with van der Waals surface area (Å²) in [5.41, 5.74) is 0.545. The van der Waals surface area contributed by atoms with Gasteiger partial charge in [-0.15, -0.1) is 16.4 Å². The van der Waals surface area contributed by atoms with Crippen LogP contribution in [0.3, 0.4) is 0 Å². The van der Waals surface area contributed by atoms with Crippen LogP contribution in [0, 0.1) is 0 Å². The molecule has 2 aromatic rings. The van der Waals surface area contributed by atoms with E-state index in [0.717, 1.165) is 10.8 Å². The minimum absolute atomic E-state index is 0.0736. The number of hydrogen-bond acceptors (Lipinski definition) is 8. The molecule has 0 spiro atoms. The number of carboxylic acids is 1. The molecule has 10 heteroatoms. The molecule has 20 heavy (non-hydrogen) atoms. The molecule has 2 rings (SSSR count). The lowest BCUT2D eigenvalue weighted by molar-refractivity contribution is -0.136. The summed E-state index contributed by atoms with van der Waals surface area (Å²) in [7, 11) is 1.65. The summed E-state index contributed by atoms with van der Waals surface area (Å²) in [5, 5.41) is 22.5. The van der Waals surface area contributed by atoms with Crippen molar-refractivity contribution >= 4 is 29.1 Å². The standard InChI is InChI=1S/C10H13N5O3S2/c1-18-4-2-3-15-9(12-13-14-15)20-10-11-7(6-19-10)5-8(16)17/h6H,2-5H2,1H3,(H,16,17). The van der Waals surface area contributed by atoms with Gasteiger partial charge in [0.1, 0.15) is 0 Å². The number of carbonyl (C=O) groups is 1. The minimum atomic E-state index is -0.892. The number of thiazole rings is 1. The summed E-state index contributed by atoms with van der Waals surface area (Å²) >= 11 is 2.71. The van der Waals surface area contributed by atoms with E-state index in [1.54, 1.807) is 17.2 Å². The Labute approximate surface area is 123 Å². The third-order valence-electron chi connectivity index (χ3n) is 2.26. The van der Waals surface area contributed by atoms with Crippen molar-refractivity contribution < 1.29 is 14.6 Å². The van der Waals surface area contributed by atoms with Crippen molar-refractivity contribution in [2.75, 3.05) is 13.7 Å². The average molecular weight is 315 g/mol. The molecular formula is C10H13N5O3S2. The molecular weight excluding hydrogens is 302 g/mol. The lowest BCUT2D eigenvalue weighted by Crippen LogP contribution is -2.05. The zero-order valence-electron chi connectivity index (χ0n) is 10.7. The van der Waals surface area contributed by atoms with Crippen LogP contribution in [0.5, 0.6) is 0 Å². The normalized spacial score (nSPS) is 10.8. The highest BCUT2D eigenvalue weighted by molar-refractivity contribution is 8.00. The summed E-state index contributed by atoms with van der Waals surface area (Å²) in [4.78, 5) is 14.8. The maximum atomic E-state index is 10.6. The molecule has 0 amide bonds. The van der Waals surface area contributed by atoms with E-state index in [2.05, 4.69) is 20.5 Å². The fourth-order valence-electron chi connectivity index (χ4n) is 1.42. The molecule has 0 aliphatic rings. The second-order valence-corrected chi connectivity index (χ2v) is 5.88. The molecule has 8 nitrogen and oxygen atoms in total. The predicted molar refractivity (Wildman–Crippen MR) is 71.9 cm³/mol. The zero-order valence-corrected chi connectivity index (χ0v) is 12.4. The lowest BCUT2D eigenvalue weighted by atomic mass is 10.3. The Morgan fingerprint density at radius 3 is 3.20 bits per heavy atom. The molecule has 0 bridgehead atoms. The average Bonchev–Trinajstić information content (AvgIpc) is 3.00. The first-order valence-corrected chi connectivity index (χ1v) is 7.48. The van der Waals surface area contributed by atoms with E-state index in [1.807, 2.05) is 0 Å². The maximum Gasteiger partial charge on any atom is 0.309 e. The Morgan fingerprint density at radius 2 is 2.45 bits per heavy atom. The van der Waals surface area contributed by atoms with Crippen LogP contribution in [0.2, 0.25) is 0 Å². The van der Waals surface area contributed by atoms with Gasteiger partial charge >= 0.3 is 5.97 Å². The smallest absolute Gasteiger partial charge is 0.309 e. The molecule has 0 aromatic carbocycles. The van der Waals surface area contributed by atoms with Gasteiger partial charge in [-0.05, 0) is 28.6 Å². The molecule has 0 fully saturated rings. The number of methoxy groups -OCH3 is 1. The summed E-state index contributed by atoms with van der Waals surface area (Å²) in [6, 6.07) is 0. The van der Waals surface area contributed by atoms with E-state index in [9.17, 15) is 4.79 Å². The summed E-state index contributed by atoms with van der Waals surface area (Å²) < 4.78 is 7.39. The maximum absolute atomic E-state index is 10.6. The molecule has 0 saturated heterocycles. The summed E-state index contributed by atoms with van der Waals surface area (Å²) in [5.74, 6) is -0.892. The highest BCUT2D eigenvalue weighted by atomic mass is 32.2. The first-order chi connectivity index (χ1) is 9.69. The second kappa shape index (κ2) is 7.31. The molecule has 0 radical (unpaired) electrons. The molecule has 108 valence electrons. The van der Waals surface area contributed by atoms with Crippen molar-refractivity contribution in [3.63, 3.8) is 0 Å². The van der Waals surface area contributed by atoms with Crippen LogP contribution >= 0.6 is 23.1 Å². The van der Waals surface area contributed by atoms with Crippen molar-refractivity contribution in [2.24, 2.45) is 0 Å². The monoisotopic (exact) mass is 315 g/mol. The van der Waals surface area contributed by atoms with E-state index >= 15 is 0 Å². The Hall–Kier alpha value is -1.52. The Morgan fingerprint density at radius 1 is 1.60 bits per heavy atom. The Bertz CT molecular complexity index is 571. The van der Waals surface area contributed by atoms with E-state index in [-0.39, 0.29) is 6.42 Å². The SMILES string of the molecule is COCCCn1nnnc1Sc1nc(CC(=O)O)cs1. The van der Waals surface area contributed by atoms with Crippen molar-refractivity contribution in [2.45, 2.75) is 28.9 Å². The Kier molecular flexibility index (Phi) is 5.44. The van der Waals surface area contributed by atoms with Gasteiger partial charge in [-0.2, -0.15) is 0 Å². The number of aliphatic carboxylic acids is 1. The van der Waals surface area contributed by atoms with Gasteiger partial charge in [-0.25, -0.2) is 9.67 Å². The molecule has 2 aromatic heterocycles. The first-order valence-electron chi connectivity index (χ1n) is 5.78. The van der Waals surface area contributed by atoms with Crippen LogP contribution in [0.15, 0.2) is 14.9 Å². The molecule has 1 N–H and O–H groups in total. The van der Waals surface area contributed by atoms with Gasteiger partial charge < -0.3 is 9.84 Å². The van der Waals surface area contributed by atoms with Gasteiger partial charge in [0.15, 0.2) is 4.34 Å². The van der Waals surface area contributed by atoms with Crippen LogP contribution in [-0.2, 0) is 22.5 Å². The van der Waals surface area contributed by atoms with Crippen LogP contribution in [-0.4, -0.2) is 50.0 Å². The number of aryl methyl sites for hydroxylation is 1. The number of ether oxygens (including phenoxy) is 1. The van der Waals surface area contributed by atoms with Crippen LogP contribution < -0.4 is 0 Å². The zero-order chi connectivity index (χ0) is 14.4.